The number of benzene rings is 1. The Morgan fingerprint density at radius 2 is 2.21 bits per heavy atom. The summed E-state index contributed by atoms with van der Waals surface area (Å²) in [6.07, 6.45) is -0.451. The molecule has 0 aliphatic heterocycles. The summed E-state index contributed by atoms with van der Waals surface area (Å²) < 4.78 is 43.9. The number of hydrogen-bond donors (Lipinski definition) is 1. The third-order valence-corrected chi connectivity index (χ3v) is 4.01. The average Bonchev–Trinajstić information content (AvgIpc) is 2.37. The third kappa shape index (κ3) is 4.95. The maximum Gasteiger partial charge on any atom is 0.214 e. The summed E-state index contributed by atoms with van der Waals surface area (Å²) in [7, 11) is -2.14. The van der Waals surface area contributed by atoms with Crippen molar-refractivity contribution in [2.75, 3.05) is 12.9 Å². The van der Waals surface area contributed by atoms with Gasteiger partial charge in [0.25, 0.3) is 0 Å². The zero-order chi connectivity index (χ0) is 14.5. The van der Waals surface area contributed by atoms with Crippen LogP contribution in [0.2, 0.25) is 0 Å². The van der Waals surface area contributed by atoms with Crippen LogP contribution in [0.3, 0.4) is 0 Å². The van der Waals surface area contributed by atoms with Gasteiger partial charge in [0.15, 0.2) is 0 Å². The Balaban J connectivity index is 2.74. The van der Waals surface area contributed by atoms with Crippen LogP contribution < -0.4 is 4.72 Å². The van der Waals surface area contributed by atoms with Gasteiger partial charge in [-0.25, -0.2) is 17.5 Å². The number of hydrogen-bond acceptors (Lipinski definition) is 4. The highest BCUT2D eigenvalue weighted by molar-refractivity contribution is 7.89. The van der Waals surface area contributed by atoms with Crippen molar-refractivity contribution in [1.29, 1.82) is 5.26 Å². The molecule has 0 spiro atoms. The van der Waals surface area contributed by atoms with Crippen LogP contribution in [0.15, 0.2) is 18.2 Å². The quantitative estimate of drug-likeness (QED) is 0.851. The normalized spacial score (nSPS) is 12.9. The van der Waals surface area contributed by atoms with Gasteiger partial charge in [0.2, 0.25) is 10.0 Å². The zero-order valence-electron chi connectivity index (χ0n) is 10.7. The van der Waals surface area contributed by atoms with Crippen LogP contribution in [0, 0.1) is 17.1 Å². The smallest absolute Gasteiger partial charge is 0.214 e. The monoisotopic (exact) mass is 286 g/mol. The molecule has 7 heteroatoms. The molecule has 5 nitrogen and oxygen atoms in total. The summed E-state index contributed by atoms with van der Waals surface area (Å²) in [5.74, 6) is -0.759. The summed E-state index contributed by atoms with van der Waals surface area (Å²) in [5, 5.41) is 8.70. The largest absolute Gasteiger partial charge is 0.381 e. The van der Waals surface area contributed by atoms with E-state index in [1.165, 1.54) is 19.2 Å². The van der Waals surface area contributed by atoms with E-state index in [9.17, 15) is 12.8 Å². The van der Waals surface area contributed by atoms with E-state index in [-0.39, 0.29) is 23.4 Å². The second-order valence-electron chi connectivity index (χ2n) is 4.07. The Hall–Kier alpha value is -1.49. The van der Waals surface area contributed by atoms with E-state index in [4.69, 9.17) is 10.00 Å². The molecule has 1 atom stereocenters. The van der Waals surface area contributed by atoms with Crippen molar-refractivity contribution in [3.8, 4) is 6.07 Å². The van der Waals surface area contributed by atoms with Crippen molar-refractivity contribution in [2.24, 2.45) is 0 Å². The van der Waals surface area contributed by atoms with Crippen LogP contribution in [0.5, 0.6) is 0 Å². The first-order valence-electron chi connectivity index (χ1n) is 5.56. The highest BCUT2D eigenvalue weighted by Gasteiger charge is 2.15. The fourth-order valence-corrected chi connectivity index (χ4v) is 2.65. The molecule has 0 bridgehead atoms. The Bertz CT molecular complexity index is 581. The first-order valence-corrected chi connectivity index (χ1v) is 7.22. The molecule has 0 aliphatic carbocycles. The van der Waals surface area contributed by atoms with Gasteiger partial charge in [-0.2, -0.15) is 5.26 Å². The molecule has 0 aliphatic rings. The molecule has 0 saturated heterocycles. The van der Waals surface area contributed by atoms with Gasteiger partial charge in [-0.05, 0) is 25.1 Å². The Morgan fingerprint density at radius 1 is 1.53 bits per heavy atom. The third-order valence-electron chi connectivity index (χ3n) is 2.51. The number of nitriles is 1. The van der Waals surface area contributed by atoms with Gasteiger partial charge in [0.05, 0.1) is 23.5 Å². The van der Waals surface area contributed by atoms with E-state index in [0.717, 1.165) is 6.07 Å². The van der Waals surface area contributed by atoms with E-state index in [2.05, 4.69) is 4.72 Å². The predicted octanol–water partition coefficient (Wildman–Crippen LogP) is 1.15. The number of rotatable bonds is 6. The van der Waals surface area contributed by atoms with E-state index < -0.39 is 21.9 Å². The molecular weight excluding hydrogens is 271 g/mol. The molecule has 19 heavy (non-hydrogen) atoms. The summed E-state index contributed by atoms with van der Waals surface area (Å²) >= 11 is 0. The number of ether oxygens (including phenoxy) is 1. The summed E-state index contributed by atoms with van der Waals surface area (Å²) in [6, 6.07) is 5.66. The molecule has 1 aromatic carbocycles. The van der Waals surface area contributed by atoms with E-state index in [0.29, 0.717) is 0 Å². The van der Waals surface area contributed by atoms with E-state index in [1.54, 1.807) is 6.92 Å². The molecule has 0 fully saturated rings. The lowest BCUT2D eigenvalue weighted by molar-refractivity contribution is 0.136. The van der Waals surface area contributed by atoms with Crippen LogP contribution >= 0.6 is 0 Å². The minimum atomic E-state index is -3.55. The standard InChI is InChI=1S/C12H15FN2O3S/c1-9(18-2)8-19(16,17)15-7-11-5-10(6-14)3-4-12(11)13/h3-5,9,15H,7-8H2,1-2H3. The van der Waals surface area contributed by atoms with Crippen LogP contribution in [0.4, 0.5) is 4.39 Å². The second-order valence-corrected chi connectivity index (χ2v) is 5.92. The number of nitrogens with one attached hydrogen (secondary N) is 1. The summed E-state index contributed by atoms with van der Waals surface area (Å²) in [6.45, 7) is 1.43. The lowest BCUT2D eigenvalue weighted by Gasteiger charge is -2.11. The van der Waals surface area contributed by atoms with Crippen molar-refractivity contribution >= 4 is 10.0 Å². The van der Waals surface area contributed by atoms with E-state index >= 15 is 0 Å². The molecule has 1 N–H and O–H groups in total. The molecule has 1 rings (SSSR count). The molecule has 0 amide bonds. The lowest BCUT2D eigenvalue weighted by Crippen LogP contribution is -2.31. The van der Waals surface area contributed by atoms with Crippen LogP contribution in [0.25, 0.3) is 0 Å². The SMILES string of the molecule is COC(C)CS(=O)(=O)NCc1cc(C#N)ccc1F. The number of nitrogens with zero attached hydrogens (tertiary/aromatic N) is 1. The fraction of sp³-hybridized carbons (Fsp3) is 0.417. The minimum absolute atomic E-state index is 0.132. The number of methoxy groups -OCH3 is 1. The highest BCUT2D eigenvalue weighted by atomic mass is 32.2. The first kappa shape index (κ1) is 15.6. The van der Waals surface area contributed by atoms with Gasteiger partial charge in [0.1, 0.15) is 5.82 Å². The fourth-order valence-electron chi connectivity index (χ4n) is 1.40. The molecule has 0 radical (unpaired) electrons. The summed E-state index contributed by atoms with van der Waals surface area (Å²) in [5.41, 5.74) is 0.411. The van der Waals surface area contributed by atoms with Crippen molar-refractivity contribution in [1.82, 2.24) is 4.72 Å². The van der Waals surface area contributed by atoms with Gasteiger partial charge in [-0.15, -0.1) is 0 Å². The number of sulfonamides is 1. The van der Waals surface area contributed by atoms with E-state index in [1.807, 2.05) is 6.07 Å². The predicted molar refractivity (Wildman–Crippen MR) is 68.2 cm³/mol. The van der Waals surface area contributed by atoms with Gasteiger partial charge in [-0.3, -0.25) is 0 Å². The zero-order valence-corrected chi connectivity index (χ0v) is 11.5. The van der Waals surface area contributed by atoms with Crippen molar-refractivity contribution in [3.05, 3.63) is 35.1 Å². The molecule has 0 aromatic heterocycles. The molecule has 0 saturated carbocycles. The van der Waals surface area contributed by atoms with Crippen LogP contribution in [-0.2, 0) is 21.3 Å². The van der Waals surface area contributed by atoms with Crippen molar-refractivity contribution in [3.63, 3.8) is 0 Å². The molecule has 0 heterocycles. The summed E-state index contributed by atoms with van der Waals surface area (Å²) in [4.78, 5) is 0. The molecule has 1 aromatic rings. The van der Waals surface area contributed by atoms with Gasteiger partial charge in [0, 0.05) is 19.2 Å². The first-order chi connectivity index (χ1) is 8.88. The molecular formula is C12H15FN2O3S. The van der Waals surface area contributed by atoms with Crippen molar-refractivity contribution in [2.45, 2.75) is 19.6 Å². The van der Waals surface area contributed by atoms with Gasteiger partial charge in [-0.1, -0.05) is 0 Å². The maximum atomic E-state index is 13.4. The molecule has 1 unspecified atom stereocenters. The topological polar surface area (TPSA) is 79.2 Å². The Kier molecular flexibility index (Phi) is 5.42. The Labute approximate surface area is 112 Å². The molecule has 104 valence electrons. The number of halogens is 1. The average molecular weight is 286 g/mol. The van der Waals surface area contributed by atoms with Gasteiger partial charge < -0.3 is 4.74 Å². The Morgan fingerprint density at radius 3 is 2.79 bits per heavy atom. The van der Waals surface area contributed by atoms with Crippen molar-refractivity contribution < 1.29 is 17.5 Å². The van der Waals surface area contributed by atoms with Crippen LogP contribution in [-0.4, -0.2) is 27.4 Å². The maximum absolute atomic E-state index is 13.4. The second kappa shape index (κ2) is 6.61. The van der Waals surface area contributed by atoms with Gasteiger partial charge >= 0.3 is 0 Å². The highest BCUT2D eigenvalue weighted by Crippen LogP contribution is 2.10. The van der Waals surface area contributed by atoms with Crippen LogP contribution in [0.1, 0.15) is 18.1 Å². The minimum Gasteiger partial charge on any atom is -0.381 e. The lowest BCUT2D eigenvalue weighted by atomic mass is 10.1.